The first-order chi connectivity index (χ1) is 9.43. The highest BCUT2D eigenvalue weighted by atomic mass is 79.9. The third-order valence-electron chi connectivity index (χ3n) is 2.96. The predicted molar refractivity (Wildman–Crippen MR) is 81.5 cm³/mol. The molecule has 0 aliphatic heterocycles. The van der Waals surface area contributed by atoms with Crippen LogP contribution in [-0.2, 0) is 4.79 Å². The van der Waals surface area contributed by atoms with Crippen molar-refractivity contribution >= 4 is 33.2 Å². The second-order valence-electron chi connectivity index (χ2n) is 4.69. The van der Waals surface area contributed by atoms with E-state index in [2.05, 4.69) is 21.2 Å². The van der Waals surface area contributed by atoms with Crippen LogP contribution in [0.5, 0.6) is 0 Å². The molecule has 0 aliphatic rings. The number of carbonyl (C=O) groups is 1. The van der Waals surface area contributed by atoms with Gasteiger partial charge in [-0.1, -0.05) is 6.92 Å². The lowest BCUT2D eigenvalue weighted by Crippen LogP contribution is -2.14. The predicted octanol–water partition coefficient (Wildman–Crippen LogP) is 3.06. The van der Waals surface area contributed by atoms with Gasteiger partial charge in [0.25, 0.3) is 5.69 Å². The number of nitro groups is 1. The number of nitrogens with two attached hydrogens (primary N) is 1. The molecule has 0 saturated carbocycles. The summed E-state index contributed by atoms with van der Waals surface area (Å²) in [6.07, 6.45) is 2.00. The minimum absolute atomic E-state index is 0.0556. The summed E-state index contributed by atoms with van der Waals surface area (Å²) in [6.45, 7) is 2.66. The summed E-state index contributed by atoms with van der Waals surface area (Å²) >= 11 is 3.26. The number of hydrogen-bond acceptors (Lipinski definition) is 4. The van der Waals surface area contributed by atoms with Gasteiger partial charge in [-0.25, -0.2) is 0 Å². The topological polar surface area (TPSA) is 98.3 Å². The Bertz CT molecular complexity index is 494. The molecule has 6 nitrogen and oxygen atoms in total. The molecule has 7 heteroatoms. The Morgan fingerprint density at radius 2 is 2.20 bits per heavy atom. The Morgan fingerprint density at radius 3 is 2.80 bits per heavy atom. The number of nitro benzene ring substituents is 1. The van der Waals surface area contributed by atoms with E-state index in [0.717, 1.165) is 12.8 Å². The van der Waals surface area contributed by atoms with Crippen molar-refractivity contribution in [3.63, 3.8) is 0 Å². The molecule has 3 N–H and O–H groups in total. The number of nitrogens with zero attached hydrogens (tertiary/aromatic N) is 1. The van der Waals surface area contributed by atoms with Crippen molar-refractivity contribution in [2.45, 2.75) is 26.2 Å². The zero-order valence-electron chi connectivity index (χ0n) is 11.3. The molecule has 0 heterocycles. The highest BCUT2D eigenvalue weighted by Crippen LogP contribution is 2.27. The van der Waals surface area contributed by atoms with E-state index in [1.807, 2.05) is 6.92 Å². The maximum atomic E-state index is 11.8. The van der Waals surface area contributed by atoms with Gasteiger partial charge in [0.05, 0.1) is 10.6 Å². The molecule has 1 aromatic carbocycles. The molecule has 1 aromatic rings. The van der Waals surface area contributed by atoms with E-state index in [1.54, 1.807) is 6.07 Å². The van der Waals surface area contributed by atoms with E-state index >= 15 is 0 Å². The van der Waals surface area contributed by atoms with Crippen molar-refractivity contribution in [2.75, 3.05) is 11.9 Å². The van der Waals surface area contributed by atoms with Crippen molar-refractivity contribution in [1.82, 2.24) is 0 Å². The van der Waals surface area contributed by atoms with E-state index in [-0.39, 0.29) is 11.6 Å². The van der Waals surface area contributed by atoms with Gasteiger partial charge in [-0.2, -0.15) is 0 Å². The molecule has 1 unspecified atom stereocenters. The molecule has 1 amide bonds. The maximum Gasteiger partial charge on any atom is 0.271 e. The Hall–Kier alpha value is -1.47. The van der Waals surface area contributed by atoms with Crippen LogP contribution in [0.1, 0.15) is 26.2 Å². The second kappa shape index (κ2) is 7.96. The van der Waals surface area contributed by atoms with Crippen LogP contribution in [0.2, 0.25) is 0 Å². The molecule has 1 rings (SSSR count). The SMILES string of the molecule is CC(CCN)CCC(=O)Nc1cc([N+](=O)[O-])ccc1Br. The van der Waals surface area contributed by atoms with Crippen LogP contribution in [0.25, 0.3) is 0 Å². The summed E-state index contributed by atoms with van der Waals surface area (Å²) in [5.74, 6) is 0.231. The molecule has 0 aromatic heterocycles. The Morgan fingerprint density at radius 1 is 1.50 bits per heavy atom. The largest absolute Gasteiger partial charge is 0.330 e. The molecule has 0 fully saturated rings. The van der Waals surface area contributed by atoms with Crippen molar-refractivity contribution in [3.05, 3.63) is 32.8 Å². The Labute approximate surface area is 126 Å². The Balaban J connectivity index is 2.61. The third kappa shape index (κ3) is 5.26. The summed E-state index contributed by atoms with van der Waals surface area (Å²) in [5.41, 5.74) is 5.81. The number of carbonyl (C=O) groups excluding carboxylic acids is 1. The van der Waals surface area contributed by atoms with E-state index < -0.39 is 4.92 Å². The summed E-state index contributed by atoms with van der Waals surface area (Å²) in [4.78, 5) is 22.0. The summed E-state index contributed by atoms with van der Waals surface area (Å²) < 4.78 is 0.617. The second-order valence-corrected chi connectivity index (χ2v) is 5.54. The molecule has 0 aliphatic carbocycles. The number of rotatable bonds is 7. The highest BCUT2D eigenvalue weighted by Gasteiger charge is 2.12. The average Bonchev–Trinajstić information content (AvgIpc) is 2.39. The molecule has 0 bridgehead atoms. The van der Waals surface area contributed by atoms with E-state index in [1.165, 1.54) is 12.1 Å². The van der Waals surface area contributed by atoms with Crippen LogP contribution in [0.4, 0.5) is 11.4 Å². The fourth-order valence-electron chi connectivity index (χ4n) is 1.74. The average molecular weight is 344 g/mol. The quantitative estimate of drug-likeness (QED) is 0.587. The fraction of sp³-hybridized carbons (Fsp3) is 0.462. The van der Waals surface area contributed by atoms with Crippen molar-refractivity contribution < 1.29 is 9.72 Å². The number of nitrogens with one attached hydrogen (secondary N) is 1. The fourth-order valence-corrected chi connectivity index (χ4v) is 2.09. The van der Waals surface area contributed by atoms with Crippen LogP contribution >= 0.6 is 15.9 Å². The molecule has 0 spiro atoms. The van der Waals surface area contributed by atoms with Crippen LogP contribution in [0, 0.1) is 16.0 Å². The van der Waals surface area contributed by atoms with Gasteiger partial charge in [-0.15, -0.1) is 0 Å². The number of benzene rings is 1. The molecular formula is C13H18BrN3O3. The normalized spacial score (nSPS) is 11.9. The Kier molecular flexibility index (Phi) is 6.60. The van der Waals surface area contributed by atoms with Crippen LogP contribution < -0.4 is 11.1 Å². The van der Waals surface area contributed by atoms with Crippen LogP contribution in [0.15, 0.2) is 22.7 Å². The standard InChI is InChI=1S/C13H18BrN3O3/c1-9(6-7-15)2-5-13(18)16-12-8-10(17(19)20)3-4-11(12)14/h3-4,8-9H,2,5-7,15H2,1H3,(H,16,18). The molecule has 20 heavy (non-hydrogen) atoms. The number of halogens is 1. The highest BCUT2D eigenvalue weighted by molar-refractivity contribution is 9.10. The molecule has 0 radical (unpaired) electrons. The van der Waals surface area contributed by atoms with Gasteiger partial charge in [-0.05, 0) is 47.3 Å². The minimum atomic E-state index is -0.495. The smallest absolute Gasteiger partial charge is 0.271 e. The first-order valence-corrected chi connectivity index (χ1v) is 7.17. The van der Waals surface area contributed by atoms with Crippen molar-refractivity contribution in [1.29, 1.82) is 0 Å². The minimum Gasteiger partial charge on any atom is -0.330 e. The lowest BCUT2D eigenvalue weighted by atomic mass is 10.0. The van der Waals surface area contributed by atoms with Crippen molar-refractivity contribution in [3.8, 4) is 0 Å². The van der Waals surface area contributed by atoms with E-state index in [0.29, 0.717) is 29.0 Å². The van der Waals surface area contributed by atoms with E-state index in [4.69, 9.17) is 5.73 Å². The summed E-state index contributed by atoms with van der Waals surface area (Å²) in [7, 11) is 0. The molecule has 110 valence electrons. The third-order valence-corrected chi connectivity index (χ3v) is 3.65. The van der Waals surface area contributed by atoms with Crippen LogP contribution in [0.3, 0.4) is 0 Å². The molecular weight excluding hydrogens is 326 g/mol. The maximum absolute atomic E-state index is 11.8. The first-order valence-electron chi connectivity index (χ1n) is 6.38. The zero-order chi connectivity index (χ0) is 15.1. The number of hydrogen-bond donors (Lipinski definition) is 2. The van der Waals surface area contributed by atoms with Gasteiger partial charge in [0, 0.05) is 23.0 Å². The van der Waals surface area contributed by atoms with Gasteiger partial charge in [0.15, 0.2) is 0 Å². The van der Waals surface area contributed by atoms with Gasteiger partial charge >= 0.3 is 0 Å². The van der Waals surface area contributed by atoms with Gasteiger partial charge in [0.2, 0.25) is 5.91 Å². The number of non-ortho nitro benzene ring substituents is 1. The lowest BCUT2D eigenvalue weighted by molar-refractivity contribution is -0.384. The molecule has 0 saturated heterocycles. The van der Waals surface area contributed by atoms with Crippen molar-refractivity contribution in [2.24, 2.45) is 11.7 Å². The first kappa shape index (κ1) is 16.6. The van der Waals surface area contributed by atoms with Gasteiger partial charge in [0.1, 0.15) is 0 Å². The number of amides is 1. The molecule has 1 atom stereocenters. The van der Waals surface area contributed by atoms with E-state index in [9.17, 15) is 14.9 Å². The zero-order valence-corrected chi connectivity index (χ0v) is 12.9. The number of anilines is 1. The van der Waals surface area contributed by atoms with Gasteiger partial charge in [-0.3, -0.25) is 14.9 Å². The summed E-state index contributed by atoms with van der Waals surface area (Å²) in [5, 5.41) is 13.4. The lowest BCUT2D eigenvalue weighted by Gasteiger charge is -2.10. The van der Waals surface area contributed by atoms with Crippen LogP contribution in [-0.4, -0.2) is 17.4 Å². The summed E-state index contributed by atoms with van der Waals surface area (Å²) in [6, 6.07) is 4.26. The monoisotopic (exact) mass is 343 g/mol. The van der Waals surface area contributed by atoms with Gasteiger partial charge < -0.3 is 11.1 Å².